The normalized spacial score (nSPS) is 16.1. The van der Waals surface area contributed by atoms with Gasteiger partial charge in [-0.25, -0.2) is 4.98 Å². The number of guanidine groups is 1. The van der Waals surface area contributed by atoms with Crippen molar-refractivity contribution in [3.8, 4) is 10.6 Å². The average molecular weight is 513 g/mol. The van der Waals surface area contributed by atoms with Crippen molar-refractivity contribution in [2.75, 3.05) is 20.1 Å². The number of likely N-dealkylation sites (tertiary alicyclic amines) is 1. The molecule has 1 aromatic heterocycles. The summed E-state index contributed by atoms with van der Waals surface area (Å²) in [5.41, 5.74) is 2.27. The maximum Gasteiger partial charge on any atom is 0.191 e. The van der Waals surface area contributed by atoms with Crippen LogP contribution < -0.4 is 10.6 Å². The first-order valence-corrected chi connectivity index (χ1v) is 10.6. The van der Waals surface area contributed by atoms with Crippen LogP contribution in [-0.4, -0.2) is 48.1 Å². The molecule has 0 radical (unpaired) electrons. The minimum absolute atomic E-state index is 0. The highest BCUT2D eigenvalue weighted by Gasteiger charge is 2.21. The molecule has 0 unspecified atom stereocenters. The highest BCUT2D eigenvalue weighted by atomic mass is 127. The van der Waals surface area contributed by atoms with Gasteiger partial charge >= 0.3 is 0 Å². The van der Waals surface area contributed by atoms with Gasteiger partial charge in [0.25, 0.3) is 0 Å². The monoisotopic (exact) mass is 513 g/mol. The number of hydrogen-bond acceptors (Lipinski definition) is 4. The first-order valence-electron chi connectivity index (χ1n) is 9.79. The van der Waals surface area contributed by atoms with Crippen LogP contribution >= 0.6 is 35.3 Å². The zero-order valence-corrected chi connectivity index (χ0v) is 20.4. The third-order valence-electron chi connectivity index (χ3n) is 5.15. The van der Waals surface area contributed by atoms with Crippen molar-refractivity contribution in [3.05, 3.63) is 40.9 Å². The van der Waals surface area contributed by atoms with Crippen molar-refractivity contribution >= 4 is 41.3 Å². The lowest BCUT2D eigenvalue weighted by Gasteiger charge is -2.35. The van der Waals surface area contributed by atoms with E-state index in [9.17, 15) is 0 Å². The lowest BCUT2D eigenvalue weighted by molar-refractivity contribution is 0.167. The molecule has 0 amide bonds. The Bertz CT molecular complexity index is 751. The van der Waals surface area contributed by atoms with Crippen molar-refractivity contribution in [2.24, 2.45) is 4.99 Å². The van der Waals surface area contributed by atoms with Crippen molar-refractivity contribution < 1.29 is 0 Å². The molecule has 5 nitrogen and oxygen atoms in total. The van der Waals surface area contributed by atoms with Gasteiger partial charge in [0.05, 0.1) is 12.2 Å². The topological polar surface area (TPSA) is 52.6 Å². The van der Waals surface area contributed by atoms with Crippen LogP contribution in [0.25, 0.3) is 10.6 Å². The Morgan fingerprint density at radius 2 is 1.93 bits per heavy atom. The number of halogens is 1. The van der Waals surface area contributed by atoms with Crippen LogP contribution in [0.3, 0.4) is 0 Å². The molecule has 0 bridgehead atoms. The summed E-state index contributed by atoms with van der Waals surface area (Å²) >= 11 is 1.75. The first kappa shape index (κ1) is 23.1. The van der Waals surface area contributed by atoms with Crippen molar-refractivity contribution in [1.29, 1.82) is 0 Å². The van der Waals surface area contributed by atoms with E-state index >= 15 is 0 Å². The molecule has 28 heavy (non-hydrogen) atoms. The number of nitrogens with zero attached hydrogens (tertiary/aromatic N) is 3. The van der Waals surface area contributed by atoms with Gasteiger partial charge in [-0.2, -0.15) is 0 Å². The molecule has 0 atom stereocenters. The molecule has 7 heteroatoms. The molecule has 1 aliphatic heterocycles. The molecule has 1 aliphatic rings. The molecule has 2 N–H and O–H groups in total. The first-order chi connectivity index (χ1) is 13.1. The summed E-state index contributed by atoms with van der Waals surface area (Å²) in [5.74, 6) is 0.882. The molecule has 1 aromatic carbocycles. The van der Waals surface area contributed by atoms with Crippen molar-refractivity contribution in [2.45, 2.75) is 52.2 Å². The zero-order valence-electron chi connectivity index (χ0n) is 17.2. The molecular weight excluding hydrogens is 481 g/mol. The second kappa shape index (κ2) is 11.1. The molecule has 1 fully saturated rings. The van der Waals surface area contributed by atoms with E-state index in [4.69, 9.17) is 4.98 Å². The van der Waals surface area contributed by atoms with Gasteiger partial charge in [0.2, 0.25) is 0 Å². The standard InChI is InChI=1S/C21H31N5S.HI/c1-15(2)26-12-10-18(11-13-26)25-21(22-4)23-14-19-16(3)24-20(27-19)17-8-6-5-7-9-17;/h5-9,15,18H,10-14H2,1-4H3,(H2,22,23,25);1H. The molecular formula is C21H32IN5S. The second-order valence-corrected chi connectivity index (χ2v) is 8.45. The van der Waals surface area contributed by atoms with E-state index in [2.05, 4.69) is 65.6 Å². The summed E-state index contributed by atoms with van der Waals surface area (Å²) in [4.78, 5) is 12.9. The van der Waals surface area contributed by atoms with Crippen LogP contribution in [0.5, 0.6) is 0 Å². The Labute approximate surface area is 190 Å². The van der Waals surface area contributed by atoms with E-state index in [1.807, 2.05) is 13.1 Å². The number of hydrogen-bond donors (Lipinski definition) is 2. The second-order valence-electron chi connectivity index (χ2n) is 7.37. The smallest absolute Gasteiger partial charge is 0.191 e. The summed E-state index contributed by atoms with van der Waals surface area (Å²) in [6.45, 7) is 9.69. The number of aliphatic imine (C=N–C) groups is 1. The minimum Gasteiger partial charge on any atom is -0.354 e. The number of thiazole rings is 1. The molecule has 2 aromatic rings. The molecule has 2 heterocycles. The predicted octanol–water partition coefficient (Wildman–Crippen LogP) is 4.27. The van der Waals surface area contributed by atoms with Crippen LogP contribution in [0.2, 0.25) is 0 Å². The van der Waals surface area contributed by atoms with Crippen LogP contribution in [0.15, 0.2) is 35.3 Å². The summed E-state index contributed by atoms with van der Waals surface area (Å²) in [7, 11) is 1.84. The van der Waals surface area contributed by atoms with Gasteiger partial charge in [0.15, 0.2) is 5.96 Å². The lowest BCUT2D eigenvalue weighted by atomic mass is 10.0. The summed E-state index contributed by atoms with van der Waals surface area (Å²) in [6, 6.07) is 11.5. The Hall–Kier alpha value is -1.19. The highest BCUT2D eigenvalue weighted by molar-refractivity contribution is 14.0. The SMILES string of the molecule is CN=C(NCc1sc(-c2ccccc2)nc1C)NC1CCN(C(C)C)CC1.I. The summed E-state index contributed by atoms with van der Waals surface area (Å²) < 4.78 is 0. The van der Waals surface area contributed by atoms with Gasteiger partial charge in [-0.1, -0.05) is 30.3 Å². The van der Waals surface area contributed by atoms with Crippen molar-refractivity contribution in [3.63, 3.8) is 0 Å². The quantitative estimate of drug-likeness (QED) is 0.356. The number of aromatic nitrogens is 1. The molecule has 3 rings (SSSR count). The average Bonchev–Trinajstić information content (AvgIpc) is 3.07. The minimum atomic E-state index is 0. The van der Waals surface area contributed by atoms with E-state index in [1.54, 1.807) is 11.3 Å². The third-order valence-corrected chi connectivity index (χ3v) is 6.36. The Kier molecular flexibility index (Phi) is 9.17. The largest absolute Gasteiger partial charge is 0.354 e. The van der Waals surface area contributed by atoms with Crippen molar-refractivity contribution in [1.82, 2.24) is 20.5 Å². The van der Waals surface area contributed by atoms with Gasteiger partial charge < -0.3 is 15.5 Å². The van der Waals surface area contributed by atoms with Gasteiger partial charge in [0, 0.05) is 42.7 Å². The summed E-state index contributed by atoms with van der Waals surface area (Å²) in [6.07, 6.45) is 2.33. The number of piperidine rings is 1. The Morgan fingerprint density at radius 1 is 1.25 bits per heavy atom. The third kappa shape index (κ3) is 6.15. The summed E-state index contributed by atoms with van der Waals surface area (Å²) in [5, 5.41) is 8.14. The fraction of sp³-hybridized carbons (Fsp3) is 0.524. The number of rotatable bonds is 5. The maximum atomic E-state index is 4.74. The maximum absolute atomic E-state index is 4.74. The fourth-order valence-corrected chi connectivity index (χ4v) is 4.42. The zero-order chi connectivity index (χ0) is 19.2. The van der Waals surface area contributed by atoms with E-state index in [0.717, 1.165) is 49.1 Å². The van der Waals surface area contributed by atoms with Crippen LogP contribution in [0.4, 0.5) is 0 Å². The molecule has 1 saturated heterocycles. The molecule has 0 saturated carbocycles. The van der Waals surface area contributed by atoms with E-state index < -0.39 is 0 Å². The molecule has 0 spiro atoms. The van der Waals surface area contributed by atoms with Gasteiger partial charge in [-0.05, 0) is 33.6 Å². The van der Waals surface area contributed by atoms with Crippen LogP contribution in [0.1, 0.15) is 37.3 Å². The van der Waals surface area contributed by atoms with Gasteiger partial charge in [0.1, 0.15) is 5.01 Å². The predicted molar refractivity (Wildman–Crippen MR) is 131 cm³/mol. The number of benzene rings is 1. The Balaban J connectivity index is 0.00000280. The highest BCUT2D eigenvalue weighted by Crippen LogP contribution is 2.27. The Morgan fingerprint density at radius 3 is 2.54 bits per heavy atom. The van der Waals surface area contributed by atoms with E-state index in [-0.39, 0.29) is 24.0 Å². The number of nitrogens with one attached hydrogen (secondary N) is 2. The lowest BCUT2D eigenvalue weighted by Crippen LogP contribution is -2.49. The number of aryl methyl sites for hydroxylation is 1. The van der Waals surface area contributed by atoms with E-state index in [0.29, 0.717) is 12.1 Å². The fourth-order valence-electron chi connectivity index (χ4n) is 3.41. The van der Waals surface area contributed by atoms with Gasteiger partial charge in [-0.3, -0.25) is 4.99 Å². The molecule has 0 aliphatic carbocycles. The van der Waals surface area contributed by atoms with E-state index in [1.165, 1.54) is 10.4 Å². The van der Waals surface area contributed by atoms with Crippen LogP contribution in [0, 0.1) is 6.92 Å². The molecule has 154 valence electrons. The van der Waals surface area contributed by atoms with Crippen LogP contribution in [-0.2, 0) is 6.54 Å². The van der Waals surface area contributed by atoms with Gasteiger partial charge in [-0.15, -0.1) is 35.3 Å².